The molecule has 1 N–H and O–H groups in total. The zero-order valence-electron chi connectivity index (χ0n) is 11.1. The quantitative estimate of drug-likeness (QED) is 0.897. The number of carbonyl (C=O) groups excluding carboxylic acids is 1. The van der Waals surface area contributed by atoms with Crippen LogP contribution in [0, 0.1) is 0 Å². The number of carbonyl (C=O) groups is 1. The molecule has 0 aromatic carbocycles. The van der Waals surface area contributed by atoms with Crippen LogP contribution in [0.3, 0.4) is 0 Å². The summed E-state index contributed by atoms with van der Waals surface area (Å²) in [5.74, 6) is 0.167. The van der Waals surface area contributed by atoms with Crippen LogP contribution in [0.5, 0.6) is 0 Å². The average Bonchev–Trinajstić information content (AvgIpc) is 2.90. The maximum atomic E-state index is 12.0. The molecule has 1 amide bonds. The highest BCUT2D eigenvalue weighted by atomic mass is 35.5. The molecule has 0 spiro atoms. The zero-order chi connectivity index (χ0) is 12.8. The first-order valence-electron chi connectivity index (χ1n) is 6.34. The van der Waals surface area contributed by atoms with Crippen molar-refractivity contribution in [3.05, 3.63) is 22.4 Å². The second kappa shape index (κ2) is 8.53. The predicted molar refractivity (Wildman–Crippen MR) is 80.1 cm³/mol. The van der Waals surface area contributed by atoms with Crippen molar-refractivity contribution >= 4 is 29.7 Å². The molecule has 2 heterocycles. The smallest absolute Gasteiger partial charge is 0.224 e. The Morgan fingerprint density at radius 3 is 3.11 bits per heavy atom. The Bertz CT molecular complexity index is 367. The minimum absolute atomic E-state index is 0. The number of amides is 1. The summed E-state index contributed by atoms with van der Waals surface area (Å²) in [7, 11) is 1.87. The molecule has 6 heteroatoms. The van der Waals surface area contributed by atoms with Crippen molar-refractivity contribution in [3.63, 3.8) is 0 Å². The minimum Gasteiger partial charge on any atom is -0.375 e. The fourth-order valence-corrected chi connectivity index (χ4v) is 2.66. The van der Waals surface area contributed by atoms with E-state index >= 15 is 0 Å². The van der Waals surface area contributed by atoms with Gasteiger partial charge in [0.2, 0.25) is 5.91 Å². The van der Waals surface area contributed by atoms with E-state index in [1.165, 1.54) is 4.88 Å². The summed E-state index contributed by atoms with van der Waals surface area (Å²) >= 11 is 1.74. The van der Waals surface area contributed by atoms with E-state index in [0.717, 1.165) is 26.1 Å². The second-order valence-corrected chi connectivity index (χ2v) is 5.58. The van der Waals surface area contributed by atoms with Crippen LogP contribution < -0.4 is 5.32 Å². The van der Waals surface area contributed by atoms with Crippen LogP contribution in [0.1, 0.15) is 11.3 Å². The van der Waals surface area contributed by atoms with Gasteiger partial charge >= 0.3 is 0 Å². The van der Waals surface area contributed by atoms with Crippen LogP contribution in [-0.2, 0) is 16.0 Å². The van der Waals surface area contributed by atoms with Crippen LogP contribution in [0.2, 0.25) is 0 Å². The second-order valence-electron chi connectivity index (χ2n) is 4.55. The standard InChI is InChI=1S/C13H20N2O2S.ClH/c1-15(6-4-12-3-2-8-18-12)13(16)9-11-10-14-5-7-17-11;/h2-3,8,11,14H,4-7,9-10H2,1H3;1H. The van der Waals surface area contributed by atoms with E-state index in [1.54, 1.807) is 16.2 Å². The predicted octanol–water partition coefficient (Wildman–Crippen LogP) is 1.55. The summed E-state index contributed by atoms with van der Waals surface area (Å²) in [5.41, 5.74) is 0. The van der Waals surface area contributed by atoms with Crippen LogP contribution in [0.4, 0.5) is 0 Å². The molecule has 1 aliphatic heterocycles. The van der Waals surface area contributed by atoms with E-state index in [0.29, 0.717) is 13.0 Å². The van der Waals surface area contributed by atoms with Gasteiger partial charge in [0.25, 0.3) is 0 Å². The monoisotopic (exact) mass is 304 g/mol. The van der Waals surface area contributed by atoms with E-state index in [4.69, 9.17) is 4.74 Å². The van der Waals surface area contributed by atoms with Crippen molar-refractivity contribution in [2.75, 3.05) is 33.3 Å². The third kappa shape index (κ3) is 5.48. The van der Waals surface area contributed by atoms with Gasteiger partial charge in [-0.2, -0.15) is 0 Å². The number of nitrogens with one attached hydrogen (secondary N) is 1. The molecule has 2 rings (SSSR count). The Morgan fingerprint density at radius 1 is 1.63 bits per heavy atom. The van der Waals surface area contributed by atoms with E-state index in [1.807, 2.05) is 13.1 Å². The van der Waals surface area contributed by atoms with Gasteiger partial charge in [-0.15, -0.1) is 23.7 Å². The third-order valence-corrected chi connectivity index (χ3v) is 4.04. The summed E-state index contributed by atoms with van der Waals surface area (Å²) in [6, 6.07) is 4.15. The molecule has 1 saturated heterocycles. The number of halogens is 1. The summed E-state index contributed by atoms with van der Waals surface area (Å²) in [6.07, 6.45) is 1.45. The first-order valence-corrected chi connectivity index (χ1v) is 7.22. The molecule has 1 atom stereocenters. The first-order chi connectivity index (χ1) is 8.75. The summed E-state index contributed by atoms with van der Waals surface area (Å²) in [6.45, 7) is 3.15. The number of rotatable bonds is 5. The number of ether oxygens (including phenoxy) is 1. The third-order valence-electron chi connectivity index (χ3n) is 3.11. The molecule has 0 saturated carbocycles. The highest BCUT2D eigenvalue weighted by molar-refractivity contribution is 7.09. The highest BCUT2D eigenvalue weighted by Crippen LogP contribution is 2.10. The van der Waals surface area contributed by atoms with Gasteiger partial charge in [0.05, 0.1) is 19.1 Å². The molecule has 1 fully saturated rings. The Labute approximate surface area is 124 Å². The topological polar surface area (TPSA) is 41.6 Å². The number of hydrogen-bond donors (Lipinski definition) is 1. The number of nitrogens with zero attached hydrogens (tertiary/aromatic N) is 1. The van der Waals surface area contributed by atoms with Gasteiger partial charge in [0.15, 0.2) is 0 Å². The van der Waals surface area contributed by atoms with Crippen molar-refractivity contribution in [3.8, 4) is 0 Å². The molecule has 1 aliphatic rings. The lowest BCUT2D eigenvalue weighted by Crippen LogP contribution is -2.42. The van der Waals surface area contributed by atoms with Crippen molar-refractivity contribution in [2.45, 2.75) is 18.9 Å². The fourth-order valence-electron chi connectivity index (χ4n) is 1.96. The van der Waals surface area contributed by atoms with Gasteiger partial charge in [0, 0.05) is 31.6 Å². The molecule has 0 radical (unpaired) electrons. The van der Waals surface area contributed by atoms with Gasteiger partial charge in [-0.25, -0.2) is 0 Å². The zero-order valence-corrected chi connectivity index (χ0v) is 12.8. The van der Waals surface area contributed by atoms with Crippen molar-refractivity contribution in [2.24, 2.45) is 0 Å². The van der Waals surface area contributed by atoms with Crippen molar-refractivity contribution < 1.29 is 9.53 Å². The summed E-state index contributed by atoms with van der Waals surface area (Å²) in [4.78, 5) is 15.1. The number of likely N-dealkylation sites (N-methyl/N-ethyl adjacent to an activating group) is 1. The lowest BCUT2D eigenvalue weighted by molar-refractivity contribution is -0.133. The number of morpholine rings is 1. The molecule has 0 aliphatic carbocycles. The largest absolute Gasteiger partial charge is 0.375 e. The van der Waals surface area contributed by atoms with Crippen molar-refractivity contribution in [1.82, 2.24) is 10.2 Å². The average molecular weight is 305 g/mol. The molecule has 1 aromatic rings. The highest BCUT2D eigenvalue weighted by Gasteiger charge is 2.19. The van der Waals surface area contributed by atoms with Crippen LogP contribution in [0.25, 0.3) is 0 Å². The minimum atomic E-state index is 0. The molecular formula is C13H21ClN2O2S. The van der Waals surface area contributed by atoms with Crippen LogP contribution in [0.15, 0.2) is 17.5 Å². The van der Waals surface area contributed by atoms with E-state index < -0.39 is 0 Å². The van der Waals surface area contributed by atoms with Crippen molar-refractivity contribution in [1.29, 1.82) is 0 Å². The molecule has 1 aromatic heterocycles. The Morgan fingerprint density at radius 2 is 2.47 bits per heavy atom. The van der Waals surface area contributed by atoms with E-state index in [-0.39, 0.29) is 24.4 Å². The van der Waals surface area contributed by atoms with Crippen LogP contribution >= 0.6 is 23.7 Å². The number of thiophene rings is 1. The Kier molecular flexibility index (Phi) is 7.38. The number of hydrogen-bond acceptors (Lipinski definition) is 4. The SMILES string of the molecule is CN(CCc1cccs1)C(=O)CC1CNCCO1.Cl. The molecule has 108 valence electrons. The molecular weight excluding hydrogens is 284 g/mol. The van der Waals surface area contributed by atoms with Gasteiger partial charge in [-0.3, -0.25) is 4.79 Å². The van der Waals surface area contributed by atoms with Gasteiger partial charge < -0.3 is 15.0 Å². The molecule has 4 nitrogen and oxygen atoms in total. The summed E-state index contributed by atoms with van der Waals surface area (Å²) in [5, 5.41) is 5.31. The molecule has 0 bridgehead atoms. The maximum absolute atomic E-state index is 12.0. The Balaban J connectivity index is 0.00000180. The molecule has 19 heavy (non-hydrogen) atoms. The lowest BCUT2D eigenvalue weighted by atomic mass is 10.2. The van der Waals surface area contributed by atoms with E-state index in [2.05, 4.69) is 16.8 Å². The van der Waals surface area contributed by atoms with Gasteiger partial charge in [-0.1, -0.05) is 6.07 Å². The Hall–Kier alpha value is -0.620. The van der Waals surface area contributed by atoms with E-state index in [9.17, 15) is 4.79 Å². The van der Waals surface area contributed by atoms with Gasteiger partial charge in [-0.05, 0) is 17.9 Å². The maximum Gasteiger partial charge on any atom is 0.224 e. The normalized spacial score (nSPS) is 18.7. The van der Waals surface area contributed by atoms with Crippen LogP contribution in [-0.4, -0.2) is 50.2 Å². The molecule has 1 unspecified atom stereocenters. The first kappa shape index (κ1) is 16.4. The summed E-state index contributed by atoms with van der Waals surface area (Å²) < 4.78 is 5.54. The lowest BCUT2D eigenvalue weighted by Gasteiger charge is -2.25. The van der Waals surface area contributed by atoms with Gasteiger partial charge in [0.1, 0.15) is 0 Å². The fraction of sp³-hybridized carbons (Fsp3) is 0.615.